The summed E-state index contributed by atoms with van der Waals surface area (Å²) in [4.78, 5) is 24.3. The molecule has 3 aromatic carbocycles. The average Bonchev–Trinajstić information content (AvgIpc) is 3.12. The first-order valence-electron chi connectivity index (χ1n) is 8.52. The number of rotatable bonds is 4. The van der Waals surface area contributed by atoms with Crippen LogP contribution in [0.1, 0.15) is 20.7 Å². The zero-order valence-corrected chi connectivity index (χ0v) is 18.1. The average molecular weight is 448 g/mol. The van der Waals surface area contributed by atoms with Gasteiger partial charge in [-0.2, -0.15) is 0 Å². The zero-order valence-electron chi connectivity index (χ0n) is 15.7. The van der Waals surface area contributed by atoms with Gasteiger partial charge in [0.25, 0.3) is 5.91 Å². The molecule has 1 amide bonds. The zero-order chi connectivity index (χ0) is 20.5. The third kappa shape index (κ3) is 4.41. The second kappa shape index (κ2) is 9.26. The molecule has 144 valence electrons. The number of hydrogen-bond donors (Lipinski definition) is 1. The smallest absolute Gasteiger partial charge is 0.545 e. The van der Waals surface area contributed by atoms with E-state index in [0.29, 0.717) is 5.02 Å². The van der Waals surface area contributed by atoms with E-state index in [9.17, 15) is 14.7 Å². The van der Waals surface area contributed by atoms with Gasteiger partial charge in [-0.15, -0.1) is 11.3 Å². The van der Waals surface area contributed by atoms with Gasteiger partial charge >= 0.3 is 18.9 Å². The van der Waals surface area contributed by atoms with E-state index < -0.39 is 11.9 Å². The Morgan fingerprint density at radius 1 is 0.933 bits per heavy atom. The molecule has 0 unspecified atom stereocenters. The first kappa shape index (κ1) is 22.4. The Labute approximate surface area is 198 Å². The molecule has 0 fully saturated rings. The Morgan fingerprint density at radius 2 is 1.70 bits per heavy atom. The van der Waals surface area contributed by atoms with Gasteiger partial charge in [-0.05, 0) is 47.3 Å². The minimum Gasteiger partial charge on any atom is -0.545 e. The van der Waals surface area contributed by atoms with E-state index in [2.05, 4.69) is 5.32 Å². The molecule has 0 aliphatic carbocycles. The van der Waals surface area contributed by atoms with Gasteiger partial charge in [0.15, 0.2) is 0 Å². The summed E-state index contributed by atoms with van der Waals surface area (Å²) < 4.78 is 1.10. The number of hydrogen-bond acceptors (Lipinski definition) is 4. The van der Waals surface area contributed by atoms with Crippen LogP contribution in [0.5, 0.6) is 0 Å². The van der Waals surface area contributed by atoms with Crippen LogP contribution in [0, 0.1) is 0 Å². The van der Waals surface area contributed by atoms with Crippen molar-refractivity contribution in [2.24, 2.45) is 0 Å². The number of benzene rings is 3. The maximum absolute atomic E-state index is 12.6. The molecular weight excluding hydrogens is 436 g/mol. The van der Waals surface area contributed by atoms with Crippen molar-refractivity contribution < 1.29 is 33.6 Å². The molecule has 1 aromatic heterocycles. The third-order valence-electron chi connectivity index (χ3n) is 4.46. The van der Waals surface area contributed by atoms with E-state index in [1.165, 1.54) is 24.3 Å². The molecule has 0 bridgehead atoms. The molecule has 0 spiro atoms. The standard InChI is InChI=1S/C22H13Cl2NO3S.Li/c23-13-6-7-15(18(24)10-13)21(26)25-19-8-5-12(9-16(19)22(27)28)17-11-29-20-4-2-1-3-14(17)20;/h1-11H,(H,25,26)(H,27,28);/q;+1/p-1. The molecule has 0 aliphatic rings. The summed E-state index contributed by atoms with van der Waals surface area (Å²) in [6, 6.07) is 17.2. The Kier molecular flexibility index (Phi) is 6.92. The fourth-order valence-electron chi connectivity index (χ4n) is 3.05. The number of halogens is 2. The van der Waals surface area contributed by atoms with Crippen LogP contribution in [0.4, 0.5) is 5.69 Å². The number of anilines is 1. The SMILES string of the molecule is O=C(Nc1ccc(-c2csc3ccccc23)cc1C(=O)[O-])c1ccc(Cl)cc1Cl.[Li+]. The minimum absolute atomic E-state index is 0. The molecule has 0 saturated heterocycles. The third-order valence-corrected chi connectivity index (χ3v) is 5.97. The van der Waals surface area contributed by atoms with Gasteiger partial charge in [-0.3, -0.25) is 4.79 Å². The Bertz CT molecular complexity index is 1270. The van der Waals surface area contributed by atoms with E-state index in [0.717, 1.165) is 21.2 Å². The van der Waals surface area contributed by atoms with Crippen molar-refractivity contribution in [1.29, 1.82) is 0 Å². The molecule has 8 heteroatoms. The normalized spacial score (nSPS) is 10.5. The van der Waals surface area contributed by atoms with Crippen LogP contribution in [-0.4, -0.2) is 11.9 Å². The maximum Gasteiger partial charge on any atom is 1.00 e. The van der Waals surface area contributed by atoms with Crippen LogP contribution in [0.15, 0.2) is 66.0 Å². The molecule has 0 aliphatic heterocycles. The van der Waals surface area contributed by atoms with Gasteiger partial charge in [-0.25, -0.2) is 0 Å². The molecule has 0 atom stereocenters. The van der Waals surface area contributed by atoms with Crippen LogP contribution >= 0.6 is 34.5 Å². The molecule has 4 nitrogen and oxygen atoms in total. The maximum atomic E-state index is 12.6. The number of carboxylic acids is 1. The van der Waals surface area contributed by atoms with Crippen LogP contribution in [0.3, 0.4) is 0 Å². The summed E-state index contributed by atoms with van der Waals surface area (Å²) in [6.07, 6.45) is 0. The van der Waals surface area contributed by atoms with Gasteiger partial charge < -0.3 is 15.2 Å². The van der Waals surface area contributed by atoms with E-state index in [1.54, 1.807) is 23.5 Å². The number of thiophene rings is 1. The Hall–Kier alpha value is -2.26. The molecule has 1 N–H and O–H groups in total. The number of carboxylic acid groups (broad SMARTS) is 1. The fourth-order valence-corrected chi connectivity index (χ4v) is 4.52. The predicted molar refractivity (Wildman–Crippen MR) is 116 cm³/mol. The van der Waals surface area contributed by atoms with Crippen molar-refractivity contribution in [1.82, 2.24) is 0 Å². The van der Waals surface area contributed by atoms with E-state index >= 15 is 0 Å². The van der Waals surface area contributed by atoms with Crippen molar-refractivity contribution in [3.63, 3.8) is 0 Å². The van der Waals surface area contributed by atoms with Crippen LogP contribution in [0.2, 0.25) is 10.0 Å². The summed E-state index contributed by atoms with van der Waals surface area (Å²) in [6.45, 7) is 0. The largest absolute Gasteiger partial charge is 1.00 e. The number of carbonyl (C=O) groups excluding carboxylic acids is 2. The van der Waals surface area contributed by atoms with Gasteiger partial charge in [0, 0.05) is 26.2 Å². The van der Waals surface area contributed by atoms with E-state index in [-0.39, 0.29) is 40.7 Å². The number of fused-ring (bicyclic) bond motifs is 1. The van der Waals surface area contributed by atoms with Crippen molar-refractivity contribution >= 4 is 62.2 Å². The van der Waals surface area contributed by atoms with Crippen molar-refractivity contribution in [2.75, 3.05) is 5.32 Å². The van der Waals surface area contributed by atoms with E-state index in [4.69, 9.17) is 23.2 Å². The van der Waals surface area contributed by atoms with Gasteiger partial charge in [0.2, 0.25) is 0 Å². The quantitative estimate of drug-likeness (QED) is 0.488. The number of aromatic carboxylic acids is 1. The summed E-state index contributed by atoms with van der Waals surface area (Å²) in [5, 5.41) is 17.9. The molecule has 0 saturated carbocycles. The van der Waals surface area contributed by atoms with Crippen LogP contribution in [-0.2, 0) is 0 Å². The van der Waals surface area contributed by atoms with Crippen molar-refractivity contribution in [2.45, 2.75) is 0 Å². The first-order valence-corrected chi connectivity index (χ1v) is 10.2. The van der Waals surface area contributed by atoms with Gasteiger partial charge in [-0.1, -0.05) is 47.5 Å². The number of carbonyl (C=O) groups is 2. The molecule has 1 heterocycles. The summed E-state index contributed by atoms with van der Waals surface area (Å²) in [7, 11) is 0. The van der Waals surface area contributed by atoms with Crippen LogP contribution in [0.25, 0.3) is 21.2 Å². The predicted octanol–water partition coefficient (Wildman–Crippen LogP) is 2.49. The molecule has 4 aromatic rings. The summed E-state index contributed by atoms with van der Waals surface area (Å²) in [5.74, 6) is -1.92. The second-order valence-corrected chi connectivity index (χ2v) is 8.03. The molecule has 30 heavy (non-hydrogen) atoms. The molecule has 0 radical (unpaired) electrons. The van der Waals surface area contributed by atoms with Crippen molar-refractivity contribution in [3.05, 3.63) is 87.2 Å². The van der Waals surface area contributed by atoms with E-state index in [1.807, 2.05) is 29.6 Å². The monoisotopic (exact) mass is 447 g/mol. The van der Waals surface area contributed by atoms with Crippen molar-refractivity contribution in [3.8, 4) is 11.1 Å². The summed E-state index contributed by atoms with van der Waals surface area (Å²) in [5.41, 5.74) is 1.85. The first-order chi connectivity index (χ1) is 13.9. The Morgan fingerprint density at radius 3 is 2.43 bits per heavy atom. The molecular formula is C22H12Cl2LiNO3S. The topological polar surface area (TPSA) is 69.2 Å². The number of nitrogens with one attached hydrogen (secondary N) is 1. The van der Waals surface area contributed by atoms with Gasteiger partial charge in [0.1, 0.15) is 0 Å². The molecule has 4 rings (SSSR count). The minimum atomic E-state index is -1.39. The van der Waals surface area contributed by atoms with Crippen LogP contribution < -0.4 is 29.3 Å². The number of amides is 1. The fraction of sp³-hybridized carbons (Fsp3) is 0. The second-order valence-electron chi connectivity index (χ2n) is 6.27. The Balaban J connectivity index is 0.00000256. The van der Waals surface area contributed by atoms with Gasteiger partial charge in [0.05, 0.1) is 22.2 Å². The summed E-state index contributed by atoms with van der Waals surface area (Å²) >= 11 is 13.5.